The molecule has 5 nitrogen and oxygen atoms in total. The molecule has 1 rings (SSSR count). The summed E-state index contributed by atoms with van der Waals surface area (Å²) in [6.45, 7) is 4.87. The lowest BCUT2D eigenvalue weighted by atomic mass is 9.86. The molecule has 0 saturated heterocycles. The largest absolute Gasteiger partial charge is 0.469 e. The minimum absolute atomic E-state index is 0.396. The van der Waals surface area contributed by atoms with Gasteiger partial charge in [-0.15, -0.1) is 0 Å². The van der Waals surface area contributed by atoms with Crippen LogP contribution in [-0.2, 0) is 15.1 Å². The van der Waals surface area contributed by atoms with E-state index in [2.05, 4.69) is 14.7 Å². The fourth-order valence-corrected chi connectivity index (χ4v) is 1.52. The number of methoxy groups -OCH3 is 1. The number of hydrogen-bond acceptors (Lipinski definition) is 5. The van der Waals surface area contributed by atoms with Gasteiger partial charge in [0, 0.05) is 12.4 Å². The molecule has 5 heteroatoms. The van der Waals surface area contributed by atoms with E-state index in [1.165, 1.54) is 26.4 Å². The third kappa shape index (κ3) is 2.19. The summed E-state index contributed by atoms with van der Waals surface area (Å²) in [6, 6.07) is 0. The van der Waals surface area contributed by atoms with E-state index in [4.69, 9.17) is 0 Å². The monoisotopic (exact) mass is 224 g/mol. The number of carbonyl (C=O) groups excluding carboxylic acids is 1. The predicted octanol–water partition coefficient (Wildman–Crippen LogP) is 0.802. The molecule has 0 aliphatic heterocycles. The molecule has 1 N–H and O–H groups in total. The molecule has 2 unspecified atom stereocenters. The second-order valence-corrected chi connectivity index (χ2v) is 3.88. The molecule has 1 aromatic rings. The Morgan fingerprint density at radius 2 is 2.06 bits per heavy atom. The molecule has 2 atom stereocenters. The Morgan fingerprint density at radius 3 is 2.56 bits per heavy atom. The number of aliphatic hydroxyl groups is 1. The number of nitrogens with zero attached hydrogens (tertiary/aromatic N) is 2. The average molecular weight is 224 g/mol. The first-order chi connectivity index (χ1) is 7.41. The molecule has 0 aromatic carbocycles. The van der Waals surface area contributed by atoms with Crippen LogP contribution < -0.4 is 0 Å². The molecule has 0 saturated carbocycles. The zero-order chi connectivity index (χ0) is 12.3. The standard InChI is InChI=1S/C11H16N2O3/c1-7(10(14)16-4)11(3,15)9-8(2)12-5-6-13-9/h5-7,15H,1-4H3. The van der Waals surface area contributed by atoms with Crippen molar-refractivity contribution >= 4 is 5.97 Å². The van der Waals surface area contributed by atoms with Crippen LogP contribution >= 0.6 is 0 Å². The van der Waals surface area contributed by atoms with E-state index in [0.717, 1.165) is 0 Å². The lowest BCUT2D eigenvalue weighted by molar-refractivity contribution is -0.154. The van der Waals surface area contributed by atoms with Crippen LogP contribution in [0.4, 0.5) is 0 Å². The van der Waals surface area contributed by atoms with Crippen LogP contribution in [0.2, 0.25) is 0 Å². The highest BCUT2D eigenvalue weighted by Crippen LogP contribution is 2.29. The molecule has 0 spiro atoms. The molecule has 0 amide bonds. The summed E-state index contributed by atoms with van der Waals surface area (Å²) >= 11 is 0. The zero-order valence-electron chi connectivity index (χ0n) is 9.89. The van der Waals surface area contributed by atoms with E-state index in [9.17, 15) is 9.90 Å². The maximum atomic E-state index is 11.4. The molecule has 0 fully saturated rings. The minimum atomic E-state index is -1.38. The van der Waals surface area contributed by atoms with Crippen LogP contribution in [-0.4, -0.2) is 28.2 Å². The van der Waals surface area contributed by atoms with Crippen LogP contribution in [0.25, 0.3) is 0 Å². The number of rotatable bonds is 3. The fraction of sp³-hybridized carbons (Fsp3) is 0.545. The summed E-state index contributed by atoms with van der Waals surface area (Å²) in [5.74, 6) is -1.18. The lowest BCUT2D eigenvalue weighted by Gasteiger charge is -2.28. The molecule has 16 heavy (non-hydrogen) atoms. The summed E-state index contributed by atoms with van der Waals surface area (Å²) in [5.41, 5.74) is -0.387. The molecule has 88 valence electrons. The van der Waals surface area contributed by atoms with E-state index in [1.807, 2.05) is 0 Å². The van der Waals surface area contributed by atoms with Gasteiger partial charge in [0.1, 0.15) is 5.60 Å². The van der Waals surface area contributed by atoms with Crippen molar-refractivity contribution < 1.29 is 14.6 Å². The van der Waals surface area contributed by atoms with Gasteiger partial charge in [0.05, 0.1) is 24.4 Å². The first-order valence-corrected chi connectivity index (χ1v) is 4.99. The Balaban J connectivity index is 3.11. The minimum Gasteiger partial charge on any atom is -0.469 e. The summed E-state index contributed by atoms with van der Waals surface area (Å²) in [7, 11) is 1.29. The van der Waals surface area contributed by atoms with Crippen molar-refractivity contribution in [2.24, 2.45) is 5.92 Å². The Kier molecular flexibility index (Phi) is 3.59. The van der Waals surface area contributed by atoms with Gasteiger partial charge >= 0.3 is 5.97 Å². The summed E-state index contributed by atoms with van der Waals surface area (Å²) < 4.78 is 4.61. The van der Waals surface area contributed by atoms with Gasteiger partial charge in [-0.05, 0) is 20.8 Å². The van der Waals surface area contributed by atoms with Crippen molar-refractivity contribution in [3.8, 4) is 0 Å². The average Bonchev–Trinajstić information content (AvgIpc) is 2.27. The lowest BCUT2D eigenvalue weighted by Crippen LogP contribution is -2.37. The van der Waals surface area contributed by atoms with Crippen molar-refractivity contribution in [3.63, 3.8) is 0 Å². The molecular formula is C11H16N2O3. The normalized spacial score (nSPS) is 16.3. The van der Waals surface area contributed by atoms with Gasteiger partial charge in [-0.25, -0.2) is 0 Å². The number of carbonyl (C=O) groups is 1. The number of hydrogen-bond donors (Lipinski definition) is 1. The van der Waals surface area contributed by atoms with Crippen LogP contribution in [0.1, 0.15) is 25.2 Å². The van der Waals surface area contributed by atoms with Crippen molar-refractivity contribution in [2.45, 2.75) is 26.4 Å². The summed E-state index contributed by atoms with van der Waals surface area (Å²) in [4.78, 5) is 19.5. The number of esters is 1. The molecule has 0 bridgehead atoms. The highest BCUT2D eigenvalue weighted by atomic mass is 16.5. The first kappa shape index (κ1) is 12.6. The van der Waals surface area contributed by atoms with E-state index in [-0.39, 0.29) is 0 Å². The van der Waals surface area contributed by atoms with Gasteiger partial charge in [-0.2, -0.15) is 0 Å². The number of aryl methyl sites for hydroxylation is 1. The van der Waals surface area contributed by atoms with Gasteiger partial charge in [-0.1, -0.05) is 0 Å². The molecule has 0 aliphatic rings. The molecular weight excluding hydrogens is 208 g/mol. The van der Waals surface area contributed by atoms with Crippen LogP contribution in [0.5, 0.6) is 0 Å². The Hall–Kier alpha value is -1.49. The summed E-state index contributed by atoms with van der Waals surface area (Å²) in [6.07, 6.45) is 3.03. The van der Waals surface area contributed by atoms with Gasteiger partial charge in [0.2, 0.25) is 0 Å². The van der Waals surface area contributed by atoms with Crippen LogP contribution in [0.15, 0.2) is 12.4 Å². The van der Waals surface area contributed by atoms with Gasteiger partial charge in [0.25, 0.3) is 0 Å². The second kappa shape index (κ2) is 4.57. The zero-order valence-corrected chi connectivity index (χ0v) is 9.89. The second-order valence-electron chi connectivity index (χ2n) is 3.88. The van der Waals surface area contributed by atoms with Crippen molar-refractivity contribution in [1.82, 2.24) is 9.97 Å². The first-order valence-electron chi connectivity index (χ1n) is 4.99. The Labute approximate surface area is 94.5 Å². The third-order valence-electron chi connectivity index (χ3n) is 2.76. The predicted molar refractivity (Wildman–Crippen MR) is 57.5 cm³/mol. The topological polar surface area (TPSA) is 72.3 Å². The van der Waals surface area contributed by atoms with Crippen LogP contribution in [0, 0.1) is 12.8 Å². The quantitative estimate of drug-likeness (QED) is 0.769. The molecule has 1 heterocycles. The number of ether oxygens (including phenoxy) is 1. The van der Waals surface area contributed by atoms with Crippen molar-refractivity contribution in [1.29, 1.82) is 0 Å². The maximum Gasteiger partial charge on any atom is 0.311 e. The Morgan fingerprint density at radius 1 is 1.50 bits per heavy atom. The van der Waals surface area contributed by atoms with E-state index in [0.29, 0.717) is 11.4 Å². The highest BCUT2D eigenvalue weighted by Gasteiger charge is 2.38. The van der Waals surface area contributed by atoms with E-state index in [1.54, 1.807) is 13.8 Å². The van der Waals surface area contributed by atoms with Crippen LogP contribution in [0.3, 0.4) is 0 Å². The number of aromatic nitrogens is 2. The van der Waals surface area contributed by atoms with Gasteiger partial charge in [0.15, 0.2) is 0 Å². The molecule has 0 radical (unpaired) electrons. The SMILES string of the molecule is COC(=O)C(C)C(C)(O)c1nccnc1C. The van der Waals surface area contributed by atoms with E-state index < -0.39 is 17.5 Å². The Bertz CT molecular complexity index is 391. The van der Waals surface area contributed by atoms with Crippen molar-refractivity contribution in [3.05, 3.63) is 23.8 Å². The highest BCUT2D eigenvalue weighted by molar-refractivity contribution is 5.73. The molecule has 0 aliphatic carbocycles. The van der Waals surface area contributed by atoms with Crippen molar-refractivity contribution in [2.75, 3.05) is 7.11 Å². The summed E-state index contributed by atoms with van der Waals surface area (Å²) in [5, 5.41) is 10.3. The van der Waals surface area contributed by atoms with E-state index >= 15 is 0 Å². The van der Waals surface area contributed by atoms with Gasteiger partial charge in [-0.3, -0.25) is 14.8 Å². The molecule has 1 aromatic heterocycles. The third-order valence-corrected chi connectivity index (χ3v) is 2.76. The smallest absolute Gasteiger partial charge is 0.311 e. The maximum absolute atomic E-state index is 11.4. The van der Waals surface area contributed by atoms with Gasteiger partial charge < -0.3 is 9.84 Å². The fourth-order valence-electron chi connectivity index (χ4n) is 1.52.